The maximum Gasteiger partial charge on any atom is 0.223 e. The van der Waals surface area contributed by atoms with E-state index < -0.39 is 0 Å². The lowest BCUT2D eigenvalue weighted by molar-refractivity contribution is 0.561. The number of hydrogen-bond acceptors (Lipinski definition) is 4. The van der Waals surface area contributed by atoms with Crippen LogP contribution in [0.4, 0.5) is 5.95 Å². The Hall–Kier alpha value is -0.870. The molecule has 0 bridgehead atoms. The van der Waals surface area contributed by atoms with E-state index in [1.807, 2.05) is 0 Å². The van der Waals surface area contributed by atoms with Crippen molar-refractivity contribution in [2.75, 3.05) is 18.4 Å². The molecule has 1 atom stereocenters. The van der Waals surface area contributed by atoms with Gasteiger partial charge in [0, 0.05) is 6.54 Å². The highest BCUT2D eigenvalue weighted by molar-refractivity contribution is 6.30. The molecular formula is C9H13ClN4. The van der Waals surface area contributed by atoms with Crippen molar-refractivity contribution in [2.45, 2.75) is 18.9 Å². The van der Waals surface area contributed by atoms with E-state index in [1.54, 1.807) is 12.4 Å². The predicted molar refractivity (Wildman–Crippen MR) is 56.6 cm³/mol. The van der Waals surface area contributed by atoms with E-state index in [0.717, 1.165) is 19.5 Å². The second kappa shape index (κ2) is 3.71. The van der Waals surface area contributed by atoms with E-state index >= 15 is 0 Å². The molecule has 0 spiro atoms. The SMILES string of the molecule is CC1(Nc2ncc(Cl)cn2)CCNC1. The summed E-state index contributed by atoms with van der Waals surface area (Å²) in [4.78, 5) is 8.21. The molecule has 2 heterocycles. The van der Waals surface area contributed by atoms with Gasteiger partial charge >= 0.3 is 0 Å². The van der Waals surface area contributed by atoms with Crippen LogP contribution < -0.4 is 10.6 Å². The molecule has 5 heteroatoms. The largest absolute Gasteiger partial charge is 0.348 e. The molecule has 1 aliphatic rings. The van der Waals surface area contributed by atoms with Gasteiger partial charge in [-0.05, 0) is 19.9 Å². The first-order valence-electron chi connectivity index (χ1n) is 4.64. The zero-order valence-electron chi connectivity index (χ0n) is 8.05. The van der Waals surface area contributed by atoms with Crippen molar-refractivity contribution in [1.29, 1.82) is 0 Å². The van der Waals surface area contributed by atoms with Crippen LogP contribution in [0.1, 0.15) is 13.3 Å². The van der Waals surface area contributed by atoms with Crippen molar-refractivity contribution in [3.05, 3.63) is 17.4 Å². The van der Waals surface area contributed by atoms with Gasteiger partial charge in [-0.15, -0.1) is 0 Å². The second-order valence-electron chi connectivity index (χ2n) is 3.84. The van der Waals surface area contributed by atoms with Crippen molar-refractivity contribution >= 4 is 17.5 Å². The molecule has 4 nitrogen and oxygen atoms in total. The van der Waals surface area contributed by atoms with Gasteiger partial charge < -0.3 is 10.6 Å². The zero-order valence-corrected chi connectivity index (χ0v) is 8.80. The molecule has 1 fully saturated rings. The van der Waals surface area contributed by atoms with Gasteiger partial charge in [0.2, 0.25) is 5.95 Å². The van der Waals surface area contributed by atoms with E-state index in [-0.39, 0.29) is 5.54 Å². The van der Waals surface area contributed by atoms with Crippen LogP contribution in [0, 0.1) is 0 Å². The molecule has 1 saturated heterocycles. The fourth-order valence-electron chi connectivity index (χ4n) is 1.57. The molecule has 2 rings (SSSR count). The van der Waals surface area contributed by atoms with Crippen molar-refractivity contribution in [1.82, 2.24) is 15.3 Å². The first-order valence-corrected chi connectivity index (χ1v) is 5.02. The normalized spacial score (nSPS) is 26.4. The number of rotatable bonds is 2. The topological polar surface area (TPSA) is 49.8 Å². The van der Waals surface area contributed by atoms with E-state index in [9.17, 15) is 0 Å². The quantitative estimate of drug-likeness (QED) is 0.776. The molecule has 0 saturated carbocycles. The van der Waals surface area contributed by atoms with Crippen LogP contribution in [0.3, 0.4) is 0 Å². The van der Waals surface area contributed by atoms with E-state index in [2.05, 4.69) is 27.5 Å². The standard InChI is InChI=1S/C9H13ClN4/c1-9(2-3-11-6-9)14-8-12-4-7(10)5-13-8/h4-5,11H,2-3,6H2,1H3,(H,12,13,14). The third kappa shape index (κ3) is 2.13. The molecule has 14 heavy (non-hydrogen) atoms. The fourth-order valence-corrected chi connectivity index (χ4v) is 1.67. The Morgan fingerprint density at radius 2 is 2.21 bits per heavy atom. The average Bonchev–Trinajstić information content (AvgIpc) is 2.57. The van der Waals surface area contributed by atoms with Gasteiger partial charge in [-0.1, -0.05) is 11.6 Å². The highest BCUT2D eigenvalue weighted by Crippen LogP contribution is 2.18. The summed E-state index contributed by atoms with van der Waals surface area (Å²) in [6.07, 6.45) is 4.28. The monoisotopic (exact) mass is 212 g/mol. The summed E-state index contributed by atoms with van der Waals surface area (Å²) in [6.45, 7) is 4.14. The number of nitrogens with one attached hydrogen (secondary N) is 2. The van der Waals surface area contributed by atoms with Crippen molar-refractivity contribution < 1.29 is 0 Å². The number of halogens is 1. The van der Waals surface area contributed by atoms with Gasteiger partial charge in [0.05, 0.1) is 23.0 Å². The van der Waals surface area contributed by atoms with Crippen LogP contribution in [0.5, 0.6) is 0 Å². The maximum atomic E-state index is 5.70. The van der Waals surface area contributed by atoms with Gasteiger partial charge in [-0.3, -0.25) is 0 Å². The number of anilines is 1. The molecule has 1 unspecified atom stereocenters. The molecule has 1 aliphatic heterocycles. The molecule has 0 aliphatic carbocycles. The first-order chi connectivity index (χ1) is 6.68. The molecule has 2 N–H and O–H groups in total. The Labute approximate surface area is 88.1 Å². The van der Waals surface area contributed by atoms with E-state index in [1.165, 1.54) is 0 Å². The van der Waals surface area contributed by atoms with Gasteiger partial charge in [-0.2, -0.15) is 0 Å². The summed E-state index contributed by atoms with van der Waals surface area (Å²) in [6, 6.07) is 0. The Bertz CT molecular complexity index is 305. The van der Waals surface area contributed by atoms with Crippen LogP contribution in [0.2, 0.25) is 5.02 Å². The van der Waals surface area contributed by atoms with Crippen LogP contribution >= 0.6 is 11.6 Å². The van der Waals surface area contributed by atoms with Gasteiger partial charge in [-0.25, -0.2) is 9.97 Å². The molecule has 0 aromatic carbocycles. The molecule has 0 radical (unpaired) electrons. The van der Waals surface area contributed by atoms with Gasteiger partial charge in [0.15, 0.2) is 0 Å². The van der Waals surface area contributed by atoms with Crippen molar-refractivity contribution in [3.8, 4) is 0 Å². The van der Waals surface area contributed by atoms with Crippen LogP contribution in [-0.4, -0.2) is 28.6 Å². The Morgan fingerprint density at radius 1 is 1.50 bits per heavy atom. The summed E-state index contributed by atoms with van der Waals surface area (Å²) in [5.74, 6) is 0.639. The maximum absolute atomic E-state index is 5.70. The molecular weight excluding hydrogens is 200 g/mol. The third-order valence-corrected chi connectivity index (χ3v) is 2.60. The van der Waals surface area contributed by atoms with E-state index in [0.29, 0.717) is 11.0 Å². The summed E-state index contributed by atoms with van der Waals surface area (Å²) in [7, 11) is 0. The van der Waals surface area contributed by atoms with Gasteiger partial charge in [0.25, 0.3) is 0 Å². The van der Waals surface area contributed by atoms with Crippen molar-refractivity contribution in [2.24, 2.45) is 0 Å². The summed E-state index contributed by atoms with van der Waals surface area (Å²) in [5.41, 5.74) is 0.0633. The lowest BCUT2D eigenvalue weighted by Gasteiger charge is -2.24. The zero-order chi connectivity index (χ0) is 10.0. The summed E-state index contributed by atoms with van der Waals surface area (Å²) < 4.78 is 0. The van der Waals surface area contributed by atoms with Crippen molar-refractivity contribution in [3.63, 3.8) is 0 Å². The summed E-state index contributed by atoms with van der Waals surface area (Å²) >= 11 is 5.70. The fraction of sp³-hybridized carbons (Fsp3) is 0.556. The first kappa shape index (κ1) is 9.68. The minimum absolute atomic E-state index is 0.0633. The summed E-state index contributed by atoms with van der Waals surface area (Å²) in [5, 5.41) is 7.16. The smallest absolute Gasteiger partial charge is 0.223 e. The second-order valence-corrected chi connectivity index (χ2v) is 4.27. The molecule has 0 amide bonds. The van der Waals surface area contributed by atoms with Crippen LogP contribution in [-0.2, 0) is 0 Å². The predicted octanol–water partition coefficient (Wildman–Crippen LogP) is 1.29. The van der Waals surface area contributed by atoms with Crippen LogP contribution in [0.15, 0.2) is 12.4 Å². The third-order valence-electron chi connectivity index (χ3n) is 2.40. The Morgan fingerprint density at radius 3 is 2.79 bits per heavy atom. The highest BCUT2D eigenvalue weighted by Gasteiger charge is 2.28. The number of hydrogen-bond donors (Lipinski definition) is 2. The number of nitrogens with zero attached hydrogens (tertiary/aromatic N) is 2. The van der Waals surface area contributed by atoms with E-state index in [4.69, 9.17) is 11.6 Å². The number of aromatic nitrogens is 2. The lowest BCUT2D eigenvalue weighted by Crippen LogP contribution is -2.37. The lowest BCUT2D eigenvalue weighted by atomic mass is 10.0. The minimum atomic E-state index is 0.0633. The molecule has 1 aromatic rings. The van der Waals surface area contributed by atoms with Gasteiger partial charge in [0.1, 0.15) is 0 Å². The minimum Gasteiger partial charge on any atom is -0.348 e. The highest BCUT2D eigenvalue weighted by atomic mass is 35.5. The Kier molecular flexibility index (Phi) is 2.56. The molecule has 76 valence electrons. The van der Waals surface area contributed by atoms with Crippen LogP contribution in [0.25, 0.3) is 0 Å². The Balaban J connectivity index is 2.06. The average molecular weight is 213 g/mol. The molecule has 1 aromatic heterocycles.